The van der Waals surface area contributed by atoms with Gasteiger partial charge in [-0.2, -0.15) is 52.7 Å². The number of rotatable bonds is 19. The molecule has 0 aliphatic rings. The largest absolute Gasteiger partial charge is 0.540 e. The SMILES string of the molecule is CC(C)Oc1ccc[c-]c1-c1ccccn1.CCOc1ccc[c-]c1-c1ccccn1.COc1ccc[c-]c1-c1ccccn1.FC(F)(F)c1n[n-]c(Cc2ccccn2)n1.FC(F)(F)c1n[n-]c(Cc2ccccn2)n1.FC(F)(F)c1n[n-]c(Cc2ccccn2)n1.FC(F)(F)c1n[n-]c(Cc2ccccn2)n1.[Ir].[Ir].[Ir].[Ir].[c-]1cccc(Oc2ccccc2)c1-c1ccccn1. The maximum Gasteiger partial charge on any atom is 0.429 e. The smallest absolute Gasteiger partial charge is 0.429 e. The number of para-hydroxylation sites is 1. The van der Waals surface area contributed by atoms with Crippen LogP contribution in [0, 0.1) is 24.3 Å². The molecule has 0 amide bonds. The van der Waals surface area contributed by atoms with E-state index in [9.17, 15) is 52.7 Å². The van der Waals surface area contributed by atoms with Crippen LogP contribution < -0.4 is 39.3 Å². The first-order chi connectivity index (χ1) is 61.8. The first-order valence-corrected chi connectivity index (χ1v) is 38.3. The summed E-state index contributed by atoms with van der Waals surface area (Å²) in [5, 5.41) is 25.3. The average molecular weight is 2520 g/mol. The molecular weight excluding hydrogens is 2450 g/mol. The molecule has 0 aliphatic carbocycles. The minimum atomic E-state index is -4.55. The van der Waals surface area contributed by atoms with Crippen LogP contribution in [0.25, 0.3) is 45.0 Å². The summed E-state index contributed by atoms with van der Waals surface area (Å²) in [7, 11) is 1.65. The van der Waals surface area contributed by atoms with Crippen LogP contribution >= 0.6 is 0 Å². The Kier molecular flexibility index (Phi) is 44.9. The molecule has 4 radical (unpaired) electrons. The van der Waals surface area contributed by atoms with Gasteiger partial charge in [-0.05, 0) is 128 Å². The number of hydrogen-bond donors (Lipinski definition) is 0. The zero-order valence-corrected chi connectivity index (χ0v) is 78.9. The van der Waals surface area contributed by atoms with Crippen molar-refractivity contribution in [3.63, 3.8) is 0 Å². The van der Waals surface area contributed by atoms with Crippen molar-refractivity contribution in [3.8, 4) is 73.8 Å². The average Bonchev–Trinajstić information content (AvgIpc) is 1.63. The molecule has 132 heavy (non-hydrogen) atoms. The number of benzene rings is 5. The van der Waals surface area contributed by atoms with E-state index in [0.29, 0.717) is 29.4 Å². The van der Waals surface area contributed by atoms with Crippen molar-refractivity contribution >= 4 is 0 Å². The van der Waals surface area contributed by atoms with Crippen LogP contribution in [0.4, 0.5) is 52.7 Å². The molecule has 692 valence electrons. The van der Waals surface area contributed by atoms with Gasteiger partial charge < -0.3 is 79.2 Å². The van der Waals surface area contributed by atoms with Crippen molar-refractivity contribution in [3.05, 3.63) is 392 Å². The first kappa shape index (κ1) is 108. The molecule has 0 N–H and O–H groups in total. The van der Waals surface area contributed by atoms with E-state index in [1.54, 1.807) is 129 Å². The van der Waals surface area contributed by atoms with Gasteiger partial charge >= 0.3 is 24.7 Å². The Balaban J connectivity index is 0.000000231. The van der Waals surface area contributed by atoms with Gasteiger partial charge in [-0.1, -0.05) is 137 Å². The number of ether oxygens (including phenoxy) is 4. The van der Waals surface area contributed by atoms with Crippen molar-refractivity contribution in [2.45, 2.75) is 77.3 Å². The summed E-state index contributed by atoms with van der Waals surface area (Å²) in [5.74, 6) is -0.740. The molecule has 0 aliphatic heterocycles. The molecule has 0 unspecified atom stereocenters. The standard InChI is InChI=1S/C17H12NO.C14H14NO.C13H12NO.C12H10NO.4C9H6F3N4.4Ir/c1-2-8-14(9-3-1)19-17-12-5-4-10-15(17)16-11-6-7-13-18-16;1-11(2)16-14-9-4-3-7-12(14)13-8-5-6-10-15-13;1-2-15-13-9-4-3-7-11(13)12-8-5-6-10-14-12;1-14-12-8-3-2-6-10(12)11-7-4-5-9-13-11;4*10-9(11,12)8-14-7(15-16-8)5-6-3-1-2-4-13-6;;;;/h1-9,11-13H;3-6,8-11H,1-2H3;3-6,8-10H,2H2,1H3;2-5,7-9H,1H3;4*1-4H,5H2;;;;/q8*-1;;;;. The monoisotopic (exact) mass is 2520 g/mol. The Hall–Kier alpha value is -13.2. The molecule has 0 fully saturated rings. The second kappa shape index (κ2) is 55.1. The van der Waals surface area contributed by atoms with Crippen LogP contribution in [0.2, 0.25) is 0 Å². The Bertz CT molecular complexity index is 5690. The zero-order chi connectivity index (χ0) is 91.0. The minimum absolute atomic E-state index is 0. The summed E-state index contributed by atoms with van der Waals surface area (Å²) in [6.45, 7) is 6.64. The van der Waals surface area contributed by atoms with E-state index in [1.165, 1.54) is 0 Å². The second-order valence-electron chi connectivity index (χ2n) is 25.9. The van der Waals surface area contributed by atoms with Gasteiger partial charge in [0.1, 0.15) is 29.0 Å². The molecule has 17 rings (SSSR count). The number of halogens is 12. The third kappa shape index (κ3) is 36.3. The van der Waals surface area contributed by atoms with Gasteiger partial charge in [-0.25, -0.2) is 0 Å². The number of aromatic nitrogens is 20. The Morgan fingerprint density at radius 1 is 0.303 bits per heavy atom. The van der Waals surface area contributed by atoms with Gasteiger partial charge in [-0.15, -0.1) is 97.1 Å². The van der Waals surface area contributed by atoms with Crippen LogP contribution in [-0.2, 0) is 131 Å². The quantitative estimate of drug-likeness (QED) is 0.0536. The van der Waals surface area contributed by atoms with E-state index >= 15 is 0 Å². The van der Waals surface area contributed by atoms with Gasteiger partial charge in [0.25, 0.3) is 0 Å². The Morgan fingerprint density at radius 2 is 0.561 bits per heavy atom. The predicted octanol–water partition coefficient (Wildman–Crippen LogP) is 18.9. The van der Waals surface area contributed by atoms with Crippen LogP contribution in [0.5, 0.6) is 28.7 Å². The summed E-state index contributed by atoms with van der Waals surface area (Å²) in [4.78, 5) is 46.2. The molecule has 40 heteroatoms. The third-order valence-corrected chi connectivity index (χ3v) is 16.1. The van der Waals surface area contributed by atoms with Crippen molar-refractivity contribution in [1.29, 1.82) is 0 Å². The van der Waals surface area contributed by atoms with Gasteiger partial charge in [0, 0.05) is 201 Å². The Labute approximate surface area is 803 Å². The molecular formula is C92H72F12Ir4N20O4-8. The fourth-order valence-corrected chi connectivity index (χ4v) is 10.6. The third-order valence-electron chi connectivity index (χ3n) is 16.1. The fourth-order valence-electron chi connectivity index (χ4n) is 10.6. The normalized spacial score (nSPS) is 10.6. The fraction of sp³-hybridized carbons (Fsp3) is 0.152. The van der Waals surface area contributed by atoms with E-state index in [4.69, 9.17) is 18.9 Å². The first-order valence-electron chi connectivity index (χ1n) is 38.3. The molecule has 0 atom stereocenters. The maximum absolute atomic E-state index is 12.2. The van der Waals surface area contributed by atoms with E-state index in [-0.39, 0.29) is 136 Å². The van der Waals surface area contributed by atoms with Crippen LogP contribution in [-0.4, -0.2) is 100 Å². The Morgan fingerprint density at radius 3 is 0.818 bits per heavy atom. The van der Waals surface area contributed by atoms with Crippen molar-refractivity contribution in [2.24, 2.45) is 0 Å². The number of hydrogen-bond acceptors (Lipinski definition) is 20. The summed E-state index contributed by atoms with van der Waals surface area (Å²) < 4.78 is 168. The van der Waals surface area contributed by atoms with E-state index in [1.807, 2.05) is 197 Å². The van der Waals surface area contributed by atoms with Gasteiger partial charge in [0.15, 0.2) is 0 Å². The summed E-state index contributed by atoms with van der Waals surface area (Å²) >= 11 is 0. The van der Waals surface area contributed by atoms with Gasteiger partial charge in [0.2, 0.25) is 0 Å². The number of pyridine rings is 8. The van der Waals surface area contributed by atoms with Crippen LogP contribution in [0.3, 0.4) is 0 Å². The van der Waals surface area contributed by atoms with E-state index in [0.717, 1.165) is 73.8 Å². The van der Waals surface area contributed by atoms with Gasteiger partial charge in [0.05, 0.1) is 19.8 Å². The molecule has 0 saturated carbocycles. The van der Waals surface area contributed by atoms with Crippen molar-refractivity contribution in [1.82, 2.24) is 101 Å². The molecule has 0 saturated heterocycles. The molecule has 12 heterocycles. The van der Waals surface area contributed by atoms with Crippen LogP contribution in [0.1, 0.15) is 90.1 Å². The topological polar surface area (TPSA) is 300 Å². The van der Waals surface area contributed by atoms with E-state index in [2.05, 4.69) is 125 Å². The molecule has 12 aromatic heterocycles. The zero-order valence-electron chi connectivity index (χ0n) is 69.3. The summed E-state index contributed by atoms with van der Waals surface area (Å²) in [5.41, 5.74) is 9.51. The van der Waals surface area contributed by atoms with Crippen molar-refractivity contribution in [2.75, 3.05) is 13.7 Å². The molecule has 0 bridgehead atoms. The molecule has 17 aromatic rings. The van der Waals surface area contributed by atoms with Crippen molar-refractivity contribution < 1.29 is 152 Å². The van der Waals surface area contributed by atoms with Crippen LogP contribution in [0.15, 0.2) is 298 Å². The predicted molar refractivity (Wildman–Crippen MR) is 444 cm³/mol. The number of methoxy groups -OCH3 is 1. The maximum atomic E-state index is 12.2. The second-order valence-corrected chi connectivity index (χ2v) is 25.9. The minimum Gasteiger partial charge on any atom is -0.540 e. The number of nitrogens with zero attached hydrogens (tertiary/aromatic N) is 20. The molecule has 24 nitrogen and oxygen atoms in total. The van der Waals surface area contributed by atoms with E-state index < -0.39 is 48.0 Å². The number of alkyl halides is 12. The summed E-state index contributed by atoms with van der Waals surface area (Å²) in [6, 6.07) is 88.9. The van der Waals surface area contributed by atoms with Gasteiger partial charge in [-0.3, -0.25) is 40.3 Å². The molecule has 5 aromatic carbocycles. The summed E-state index contributed by atoms with van der Waals surface area (Å²) in [6.07, 6.45) is -4.19. The molecule has 0 spiro atoms.